The number of imidazole rings is 1. The van der Waals surface area contributed by atoms with Crippen molar-refractivity contribution in [3.05, 3.63) is 17.7 Å². The van der Waals surface area contributed by atoms with Crippen molar-refractivity contribution in [2.75, 3.05) is 21.1 Å². The van der Waals surface area contributed by atoms with Crippen LogP contribution in [0.1, 0.15) is 17.9 Å². The minimum atomic E-state index is -1.07. The molecule has 1 heterocycles. The number of quaternary nitrogens is 1. The first-order chi connectivity index (χ1) is 9.61. The van der Waals surface area contributed by atoms with Gasteiger partial charge in [0.05, 0.1) is 21.1 Å². The number of nitrogens with one attached hydrogen (secondary N) is 1. The van der Waals surface area contributed by atoms with E-state index in [1.807, 2.05) is 21.1 Å². The summed E-state index contributed by atoms with van der Waals surface area (Å²) in [5, 5.41) is 18.0. The maximum atomic E-state index is 11.3. The highest BCUT2D eigenvalue weighted by Crippen LogP contribution is 2.12. The number of carbonyl (C=O) groups is 2. The molecule has 1 rings (SSSR count). The van der Waals surface area contributed by atoms with Gasteiger partial charge in [0, 0.05) is 31.2 Å². The van der Waals surface area contributed by atoms with E-state index in [-0.39, 0.29) is 6.42 Å². The zero-order valence-electron chi connectivity index (χ0n) is 12.5. The fourth-order valence-corrected chi connectivity index (χ4v) is 2.08. The van der Waals surface area contributed by atoms with E-state index in [9.17, 15) is 14.7 Å². The molecule has 0 bridgehead atoms. The lowest BCUT2D eigenvalue weighted by molar-refractivity contribution is -0.887. The van der Waals surface area contributed by atoms with E-state index < -0.39 is 24.0 Å². The van der Waals surface area contributed by atoms with Gasteiger partial charge < -0.3 is 25.4 Å². The number of carboxylic acid groups (broad SMARTS) is 2. The summed E-state index contributed by atoms with van der Waals surface area (Å²) in [6.07, 6.45) is 2.63. The molecule has 1 aromatic rings. The number of H-pyrrole nitrogens is 1. The number of nitrogens with two attached hydrogens (primary N) is 1. The van der Waals surface area contributed by atoms with E-state index in [0.29, 0.717) is 28.8 Å². The Balaban J connectivity index is 2.62. The minimum Gasteiger partial charge on any atom is -0.480 e. The van der Waals surface area contributed by atoms with Crippen molar-refractivity contribution < 1.29 is 24.3 Å². The lowest BCUT2D eigenvalue weighted by Gasteiger charge is -2.30. The van der Waals surface area contributed by atoms with E-state index in [1.54, 1.807) is 6.20 Å². The standard InChI is InChI=1S/C13H22N4O4/c1-17(2,3)10(13(20)21)4-5-11-15-7-8(16-11)6-9(14)12(18)19/h7,9-10H,4-6,14H2,1-3H3,(H2-,15,16,18,19,20,21)/p+1/t9-,10+/m0/s1. The van der Waals surface area contributed by atoms with Gasteiger partial charge in [0.25, 0.3) is 0 Å². The Kier molecular flexibility index (Phi) is 5.45. The van der Waals surface area contributed by atoms with Crippen LogP contribution in [0.2, 0.25) is 0 Å². The average Bonchev–Trinajstić information content (AvgIpc) is 2.74. The third-order valence-corrected chi connectivity index (χ3v) is 3.31. The van der Waals surface area contributed by atoms with Gasteiger partial charge in [0.2, 0.25) is 0 Å². The zero-order chi connectivity index (χ0) is 16.2. The first kappa shape index (κ1) is 17.1. The van der Waals surface area contributed by atoms with Gasteiger partial charge in [-0.3, -0.25) is 4.79 Å². The molecule has 5 N–H and O–H groups in total. The Morgan fingerprint density at radius 2 is 1.95 bits per heavy atom. The van der Waals surface area contributed by atoms with Crippen LogP contribution in [-0.4, -0.2) is 69.8 Å². The van der Waals surface area contributed by atoms with Crippen LogP contribution in [0.5, 0.6) is 0 Å². The van der Waals surface area contributed by atoms with Crippen LogP contribution >= 0.6 is 0 Å². The first-order valence-corrected chi connectivity index (χ1v) is 6.66. The number of aromatic amines is 1. The van der Waals surface area contributed by atoms with Gasteiger partial charge >= 0.3 is 11.9 Å². The molecule has 0 amide bonds. The first-order valence-electron chi connectivity index (χ1n) is 6.66. The second kappa shape index (κ2) is 6.68. The smallest absolute Gasteiger partial charge is 0.362 e. The Labute approximate surface area is 123 Å². The molecule has 0 aliphatic heterocycles. The molecule has 2 atom stereocenters. The molecule has 0 saturated carbocycles. The highest BCUT2D eigenvalue weighted by atomic mass is 16.4. The number of hydrogen-bond acceptors (Lipinski definition) is 4. The van der Waals surface area contributed by atoms with Crippen molar-refractivity contribution in [3.63, 3.8) is 0 Å². The van der Waals surface area contributed by atoms with E-state index in [2.05, 4.69) is 9.97 Å². The molecule has 0 spiro atoms. The van der Waals surface area contributed by atoms with Crippen LogP contribution < -0.4 is 5.73 Å². The molecule has 1 aromatic heterocycles. The van der Waals surface area contributed by atoms with Gasteiger partial charge in [-0.15, -0.1) is 0 Å². The number of hydrogen-bond donors (Lipinski definition) is 4. The van der Waals surface area contributed by atoms with Crippen LogP contribution in [0.15, 0.2) is 6.20 Å². The van der Waals surface area contributed by atoms with Gasteiger partial charge in [0.15, 0.2) is 6.04 Å². The van der Waals surface area contributed by atoms with Crippen molar-refractivity contribution in [1.82, 2.24) is 9.97 Å². The SMILES string of the molecule is C[N+](C)(C)[C@H](CCc1ncc(C[C@H](N)C(=O)O)[nH]1)C(=O)O. The Hall–Kier alpha value is -1.93. The molecule has 8 heteroatoms. The summed E-state index contributed by atoms with van der Waals surface area (Å²) in [5.41, 5.74) is 6.09. The average molecular weight is 299 g/mol. The topological polar surface area (TPSA) is 129 Å². The van der Waals surface area contributed by atoms with Crippen LogP contribution in [0.3, 0.4) is 0 Å². The number of carboxylic acids is 2. The molecule has 0 aliphatic rings. The highest BCUT2D eigenvalue weighted by Gasteiger charge is 2.31. The zero-order valence-corrected chi connectivity index (χ0v) is 12.5. The normalized spacial score (nSPS) is 14.7. The maximum absolute atomic E-state index is 11.3. The molecular weight excluding hydrogens is 276 g/mol. The van der Waals surface area contributed by atoms with Gasteiger partial charge in [-0.2, -0.15) is 0 Å². The van der Waals surface area contributed by atoms with E-state index >= 15 is 0 Å². The van der Waals surface area contributed by atoms with Crippen LogP contribution in [-0.2, 0) is 22.4 Å². The van der Waals surface area contributed by atoms with Gasteiger partial charge in [0.1, 0.15) is 11.9 Å². The van der Waals surface area contributed by atoms with Gasteiger partial charge in [-0.05, 0) is 0 Å². The number of aryl methyl sites for hydroxylation is 1. The Morgan fingerprint density at radius 3 is 2.43 bits per heavy atom. The van der Waals surface area contributed by atoms with Crippen molar-refractivity contribution in [2.24, 2.45) is 5.73 Å². The van der Waals surface area contributed by atoms with Crippen molar-refractivity contribution in [1.29, 1.82) is 0 Å². The monoisotopic (exact) mass is 299 g/mol. The lowest BCUT2D eigenvalue weighted by atomic mass is 10.1. The molecule has 0 fully saturated rings. The molecule has 0 unspecified atom stereocenters. The van der Waals surface area contributed by atoms with E-state index in [1.165, 1.54) is 0 Å². The van der Waals surface area contributed by atoms with Gasteiger partial charge in [-0.1, -0.05) is 0 Å². The van der Waals surface area contributed by atoms with Crippen molar-refractivity contribution >= 4 is 11.9 Å². The van der Waals surface area contributed by atoms with E-state index in [0.717, 1.165) is 0 Å². The highest BCUT2D eigenvalue weighted by molar-refractivity contribution is 5.73. The third kappa shape index (κ3) is 5.16. The molecule has 0 radical (unpaired) electrons. The van der Waals surface area contributed by atoms with Crippen LogP contribution in [0.4, 0.5) is 0 Å². The van der Waals surface area contributed by atoms with Crippen LogP contribution in [0, 0.1) is 0 Å². The van der Waals surface area contributed by atoms with E-state index in [4.69, 9.17) is 10.8 Å². The number of likely N-dealkylation sites (N-methyl/N-ethyl adjacent to an activating group) is 1. The summed E-state index contributed by atoms with van der Waals surface area (Å²) in [6.45, 7) is 0. The van der Waals surface area contributed by atoms with Gasteiger partial charge in [-0.25, -0.2) is 9.78 Å². The predicted molar refractivity (Wildman–Crippen MR) is 75.7 cm³/mol. The summed E-state index contributed by atoms with van der Waals surface area (Å²) in [5.74, 6) is -1.27. The number of nitrogens with zero attached hydrogens (tertiary/aromatic N) is 2. The molecule has 0 saturated heterocycles. The second-order valence-electron chi connectivity index (χ2n) is 6.01. The second-order valence-corrected chi connectivity index (χ2v) is 6.01. The fraction of sp³-hybridized carbons (Fsp3) is 0.615. The molecule has 8 nitrogen and oxygen atoms in total. The largest absolute Gasteiger partial charge is 0.480 e. The minimum absolute atomic E-state index is 0.167. The summed E-state index contributed by atoms with van der Waals surface area (Å²) < 4.78 is 0.326. The number of aliphatic carboxylic acids is 2. The van der Waals surface area contributed by atoms with Crippen molar-refractivity contribution in [2.45, 2.75) is 31.3 Å². The number of aromatic nitrogens is 2. The molecule has 21 heavy (non-hydrogen) atoms. The summed E-state index contributed by atoms with van der Waals surface area (Å²) >= 11 is 0. The van der Waals surface area contributed by atoms with Crippen molar-refractivity contribution in [3.8, 4) is 0 Å². The quantitative estimate of drug-likeness (QED) is 0.477. The fourth-order valence-electron chi connectivity index (χ4n) is 2.08. The maximum Gasteiger partial charge on any atom is 0.362 e. The Bertz CT molecular complexity index is 507. The molecule has 0 aliphatic carbocycles. The predicted octanol–water partition coefficient (Wildman–Crippen LogP) is -0.544. The molecular formula is C13H23N4O4+. The summed E-state index contributed by atoms with van der Waals surface area (Å²) in [7, 11) is 5.49. The summed E-state index contributed by atoms with van der Waals surface area (Å²) in [6, 6.07) is -1.50. The molecule has 118 valence electrons. The third-order valence-electron chi connectivity index (χ3n) is 3.31. The number of rotatable bonds is 8. The van der Waals surface area contributed by atoms with Crippen LogP contribution in [0.25, 0.3) is 0 Å². The summed E-state index contributed by atoms with van der Waals surface area (Å²) in [4.78, 5) is 29.1. The Morgan fingerprint density at radius 1 is 1.33 bits per heavy atom. The lowest BCUT2D eigenvalue weighted by Crippen LogP contribution is -2.50. The molecule has 0 aromatic carbocycles.